The summed E-state index contributed by atoms with van der Waals surface area (Å²) >= 11 is 0. The molecule has 17 nitrogen and oxygen atoms in total. The number of hydrogen-bond donors (Lipinski definition) is 5. The standard InChI is InChI=1S/C60H83N7O10/c1-14-35(2)50(68)63-48(58(4,5)6)54(72)66-33-41-30-39(27-28-40(41)31-46(66)52(70)61-44-26-20-24-38-23-18-19-25-43(38)44)42-32-47(53(71)62-45(56(74)75)29-37-21-16-15-17-22-37)67(34-42)55(73)49(59(7,8)9)64-51(69)36(3)65(13)57(76)77-60(10,11)12/h15-19,21-23,25,27-28,30,35-36,42,44-49H,14,20,24,26,29,31-34H2,1-13H3,(H,61,70)(H,62,71)(H,63,68)(H,64,69)(H,74,75)/t35-,36+,42?,44?,45?,46+,47+,48-,49-/m1/s1. The smallest absolute Gasteiger partial charge is 0.410 e. The zero-order chi connectivity index (χ0) is 56.9. The maximum atomic E-state index is 15.2. The molecule has 7 amide bonds. The summed E-state index contributed by atoms with van der Waals surface area (Å²) in [6.45, 7) is 21.4. The van der Waals surface area contributed by atoms with Gasteiger partial charge in [-0.05, 0) is 104 Å². The number of likely N-dealkylation sites (N-methyl/N-ethyl adjacent to an activating group) is 1. The summed E-state index contributed by atoms with van der Waals surface area (Å²) in [5.74, 6) is -4.93. The quantitative estimate of drug-likeness (QED) is 0.0989. The molecule has 1 fully saturated rings. The molecule has 0 saturated carbocycles. The van der Waals surface area contributed by atoms with Gasteiger partial charge < -0.3 is 40.9 Å². The molecule has 0 aromatic heterocycles. The number of carboxylic acids is 1. The van der Waals surface area contributed by atoms with Crippen molar-refractivity contribution in [2.75, 3.05) is 13.6 Å². The zero-order valence-corrected chi connectivity index (χ0v) is 47.5. The lowest BCUT2D eigenvalue weighted by Gasteiger charge is -2.42. The van der Waals surface area contributed by atoms with Gasteiger partial charge in [0.05, 0.1) is 6.04 Å². The molecular weight excluding hydrogens is 979 g/mol. The minimum Gasteiger partial charge on any atom is -0.480 e. The zero-order valence-electron chi connectivity index (χ0n) is 47.5. The number of likely N-dealkylation sites (tertiary alicyclic amines) is 1. The summed E-state index contributed by atoms with van der Waals surface area (Å²) in [7, 11) is 1.43. The number of amides is 7. The Kier molecular flexibility index (Phi) is 18.7. The Morgan fingerprint density at radius 3 is 1.95 bits per heavy atom. The summed E-state index contributed by atoms with van der Waals surface area (Å²) in [5, 5.41) is 22.3. The predicted molar refractivity (Wildman–Crippen MR) is 293 cm³/mol. The second-order valence-electron chi connectivity index (χ2n) is 24.6. The number of carbonyl (C=O) groups is 8. The first-order chi connectivity index (χ1) is 36.0. The minimum atomic E-state index is -1.33. The molecule has 2 aliphatic heterocycles. The summed E-state index contributed by atoms with van der Waals surface area (Å²) in [6, 6.07) is 15.8. The average molecular weight is 1060 g/mol. The van der Waals surface area contributed by atoms with E-state index in [1.807, 2.05) is 71.0 Å². The largest absolute Gasteiger partial charge is 0.480 e. The molecule has 0 bridgehead atoms. The Hall–Kier alpha value is -6.78. The third-order valence-electron chi connectivity index (χ3n) is 15.4. The molecule has 418 valence electrons. The summed E-state index contributed by atoms with van der Waals surface area (Å²) < 4.78 is 5.50. The second kappa shape index (κ2) is 24.3. The first-order valence-electron chi connectivity index (χ1n) is 27.2. The lowest BCUT2D eigenvalue weighted by atomic mass is 9.83. The summed E-state index contributed by atoms with van der Waals surface area (Å²) in [4.78, 5) is 117. The lowest BCUT2D eigenvalue weighted by Crippen LogP contribution is -2.61. The molecule has 9 atom stereocenters. The SMILES string of the molecule is CC[C@@H](C)C(=O)N[C@H](C(=O)N1Cc2cc(C3C[C@@H](C(=O)NC(Cc4ccccc4)C(=O)O)N(C(=O)[C@@H](NC(=O)[C@H](C)N(C)C(=O)OC(C)(C)C)C(C)(C)C)C3)ccc2C[C@H]1C(=O)NC1CCCc2ccccc21)C(C)(C)C. The normalized spacial score (nSPS) is 20.4. The van der Waals surface area contributed by atoms with Crippen molar-refractivity contribution < 1.29 is 48.2 Å². The van der Waals surface area contributed by atoms with Crippen molar-refractivity contribution in [1.29, 1.82) is 0 Å². The molecule has 3 aromatic rings. The van der Waals surface area contributed by atoms with Crippen molar-refractivity contribution in [1.82, 2.24) is 36.0 Å². The van der Waals surface area contributed by atoms with E-state index in [4.69, 9.17) is 4.74 Å². The summed E-state index contributed by atoms with van der Waals surface area (Å²) in [6.07, 6.45) is 2.65. The van der Waals surface area contributed by atoms with Crippen LogP contribution in [-0.2, 0) is 64.1 Å². The number of rotatable bonds is 16. The molecular formula is C60H83N7O10. The topological polar surface area (TPSA) is 224 Å². The van der Waals surface area contributed by atoms with E-state index in [-0.39, 0.29) is 56.1 Å². The van der Waals surface area contributed by atoms with Gasteiger partial charge in [0.1, 0.15) is 41.9 Å². The molecule has 5 N–H and O–H groups in total. The minimum absolute atomic E-state index is 0.00618. The highest BCUT2D eigenvalue weighted by Gasteiger charge is 2.48. The molecule has 3 aromatic carbocycles. The number of ether oxygens (including phenoxy) is 1. The van der Waals surface area contributed by atoms with Gasteiger partial charge in [0, 0.05) is 44.8 Å². The molecule has 77 heavy (non-hydrogen) atoms. The van der Waals surface area contributed by atoms with E-state index in [0.717, 1.165) is 46.4 Å². The fourth-order valence-electron chi connectivity index (χ4n) is 10.4. The third-order valence-corrected chi connectivity index (χ3v) is 15.4. The Morgan fingerprint density at radius 2 is 1.34 bits per heavy atom. The fraction of sp³-hybridized carbons (Fsp3) is 0.567. The predicted octanol–water partition coefficient (Wildman–Crippen LogP) is 6.99. The van der Waals surface area contributed by atoms with Crippen LogP contribution in [0.1, 0.15) is 154 Å². The van der Waals surface area contributed by atoms with Crippen molar-refractivity contribution in [3.63, 3.8) is 0 Å². The molecule has 0 spiro atoms. The van der Waals surface area contributed by atoms with Crippen LogP contribution in [-0.4, -0.2) is 123 Å². The van der Waals surface area contributed by atoms with Crippen molar-refractivity contribution in [2.45, 2.75) is 188 Å². The van der Waals surface area contributed by atoms with Crippen LogP contribution in [0.2, 0.25) is 0 Å². The number of carbonyl (C=O) groups excluding carboxylic acids is 7. The van der Waals surface area contributed by atoms with E-state index in [0.29, 0.717) is 12.0 Å². The van der Waals surface area contributed by atoms with Crippen molar-refractivity contribution >= 4 is 47.5 Å². The first-order valence-corrected chi connectivity index (χ1v) is 27.2. The van der Waals surface area contributed by atoms with Crippen LogP contribution in [0.4, 0.5) is 4.79 Å². The molecule has 0 radical (unpaired) electrons. The number of benzene rings is 3. The van der Waals surface area contributed by atoms with Gasteiger partial charge in [0.2, 0.25) is 35.4 Å². The van der Waals surface area contributed by atoms with Gasteiger partial charge in [-0.2, -0.15) is 0 Å². The molecule has 2 heterocycles. The van der Waals surface area contributed by atoms with Crippen LogP contribution in [0, 0.1) is 16.7 Å². The second-order valence-corrected chi connectivity index (χ2v) is 24.6. The van der Waals surface area contributed by atoms with E-state index >= 15 is 9.59 Å². The number of aryl methyl sites for hydroxylation is 1. The van der Waals surface area contributed by atoms with E-state index < -0.39 is 94.3 Å². The van der Waals surface area contributed by atoms with Gasteiger partial charge in [-0.3, -0.25) is 33.7 Å². The lowest BCUT2D eigenvalue weighted by molar-refractivity contribution is -0.147. The van der Waals surface area contributed by atoms with Gasteiger partial charge in [-0.15, -0.1) is 0 Å². The van der Waals surface area contributed by atoms with E-state index in [1.54, 1.807) is 76.8 Å². The summed E-state index contributed by atoms with van der Waals surface area (Å²) in [5.41, 5.74) is 2.77. The van der Waals surface area contributed by atoms with Crippen molar-refractivity contribution in [3.05, 3.63) is 106 Å². The third kappa shape index (κ3) is 14.6. The first kappa shape index (κ1) is 59.5. The van der Waals surface area contributed by atoms with Crippen LogP contribution in [0.3, 0.4) is 0 Å². The van der Waals surface area contributed by atoms with Crippen molar-refractivity contribution in [2.24, 2.45) is 16.7 Å². The van der Waals surface area contributed by atoms with Gasteiger partial charge in [-0.25, -0.2) is 9.59 Å². The molecule has 3 aliphatic rings. The average Bonchev–Trinajstić information content (AvgIpc) is 3.83. The van der Waals surface area contributed by atoms with E-state index in [9.17, 15) is 33.9 Å². The fourth-order valence-corrected chi connectivity index (χ4v) is 10.4. The Bertz CT molecular complexity index is 2670. The Labute approximate surface area is 455 Å². The van der Waals surface area contributed by atoms with Crippen LogP contribution < -0.4 is 21.3 Å². The number of aliphatic carboxylic acids is 1. The number of hydrogen-bond acceptors (Lipinski definition) is 9. The number of nitrogens with one attached hydrogen (secondary N) is 4. The number of fused-ring (bicyclic) bond motifs is 2. The van der Waals surface area contributed by atoms with Crippen LogP contribution in [0.5, 0.6) is 0 Å². The number of nitrogens with zero attached hydrogens (tertiary/aromatic N) is 3. The van der Waals surface area contributed by atoms with Crippen LogP contribution in [0.15, 0.2) is 72.8 Å². The maximum Gasteiger partial charge on any atom is 0.410 e. The van der Waals surface area contributed by atoms with Gasteiger partial charge >= 0.3 is 12.1 Å². The molecule has 17 heteroatoms. The number of carboxylic acid groups (broad SMARTS) is 1. The van der Waals surface area contributed by atoms with Crippen LogP contribution >= 0.6 is 0 Å². The Morgan fingerprint density at radius 1 is 0.727 bits per heavy atom. The van der Waals surface area contributed by atoms with Crippen molar-refractivity contribution in [3.8, 4) is 0 Å². The van der Waals surface area contributed by atoms with Gasteiger partial charge in [0.25, 0.3) is 0 Å². The van der Waals surface area contributed by atoms with Gasteiger partial charge in [-0.1, -0.05) is 128 Å². The van der Waals surface area contributed by atoms with Crippen LogP contribution in [0.25, 0.3) is 0 Å². The van der Waals surface area contributed by atoms with E-state index in [1.165, 1.54) is 24.4 Å². The monoisotopic (exact) mass is 1060 g/mol. The highest BCUT2D eigenvalue weighted by Crippen LogP contribution is 2.38. The van der Waals surface area contributed by atoms with Gasteiger partial charge in [0.15, 0.2) is 0 Å². The Balaban J connectivity index is 1.36. The molecule has 3 unspecified atom stereocenters. The highest BCUT2D eigenvalue weighted by atomic mass is 16.6. The highest BCUT2D eigenvalue weighted by molar-refractivity contribution is 5.96. The molecule has 6 rings (SSSR count). The molecule has 1 aliphatic carbocycles. The molecule has 1 saturated heterocycles. The maximum absolute atomic E-state index is 15.2. The van der Waals surface area contributed by atoms with E-state index in [2.05, 4.69) is 27.3 Å².